The van der Waals surface area contributed by atoms with Crippen LogP contribution in [0.4, 0.5) is 10.1 Å². The van der Waals surface area contributed by atoms with Gasteiger partial charge in [-0.3, -0.25) is 4.68 Å². The Morgan fingerprint density at radius 2 is 2.10 bits per heavy atom. The molecule has 1 aromatic carbocycles. The molecule has 0 radical (unpaired) electrons. The van der Waals surface area contributed by atoms with Gasteiger partial charge in [0.2, 0.25) is 0 Å². The van der Waals surface area contributed by atoms with E-state index in [4.69, 9.17) is 12.2 Å². The smallest absolute Gasteiger partial charge is 0.170 e. The van der Waals surface area contributed by atoms with Crippen molar-refractivity contribution in [1.29, 1.82) is 0 Å². The molecule has 1 aromatic heterocycles. The van der Waals surface area contributed by atoms with E-state index < -0.39 is 0 Å². The second-order valence-corrected chi connectivity index (χ2v) is 5.49. The lowest BCUT2D eigenvalue weighted by Crippen LogP contribution is -2.29. The van der Waals surface area contributed by atoms with Crippen molar-refractivity contribution >= 4 is 38.9 Å². The number of anilines is 1. The number of hydrogen-bond donors (Lipinski definition) is 2. The predicted molar refractivity (Wildman–Crippen MR) is 85.2 cm³/mol. The zero-order valence-electron chi connectivity index (χ0n) is 10.6. The summed E-state index contributed by atoms with van der Waals surface area (Å²) in [5.41, 5.74) is 0.764. The molecule has 4 nitrogen and oxygen atoms in total. The van der Waals surface area contributed by atoms with Gasteiger partial charge in [-0.05, 0) is 58.8 Å². The average Bonchev–Trinajstić information content (AvgIpc) is 2.83. The van der Waals surface area contributed by atoms with Gasteiger partial charge in [0.25, 0.3) is 0 Å². The van der Waals surface area contributed by atoms with E-state index in [1.54, 1.807) is 18.3 Å². The van der Waals surface area contributed by atoms with Gasteiger partial charge in [-0.1, -0.05) is 0 Å². The molecule has 1 heterocycles. The van der Waals surface area contributed by atoms with E-state index in [9.17, 15) is 4.39 Å². The average molecular weight is 357 g/mol. The van der Waals surface area contributed by atoms with E-state index in [1.807, 2.05) is 10.9 Å². The molecule has 20 heavy (non-hydrogen) atoms. The Morgan fingerprint density at radius 3 is 2.75 bits per heavy atom. The summed E-state index contributed by atoms with van der Waals surface area (Å²) in [6.07, 6.45) is 4.59. The molecule has 0 unspecified atom stereocenters. The summed E-state index contributed by atoms with van der Waals surface area (Å²) >= 11 is 8.51. The molecule has 0 amide bonds. The first kappa shape index (κ1) is 14.9. The van der Waals surface area contributed by atoms with Gasteiger partial charge in [0.05, 0.1) is 10.7 Å². The third kappa shape index (κ3) is 4.90. The molecule has 0 bridgehead atoms. The Hall–Kier alpha value is -1.47. The van der Waals surface area contributed by atoms with Crippen molar-refractivity contribution in [3.63, 3.8) is 0 Å². The highest BCUT2D eigenvalue weighted by molar-refractivity contribution is 9.10. The van der Waals surface area contributed by atoms with Crippen LogP contribution in [0.3, 0.4) is 0 Å². The van der Waals surface area contributed by atoms with Crippen LogP contribution in [0.2, 0.25) is 0 Å². The summed E-state index contributed by atoms with van der Waals surface area (Å²) in [5, 5.41) is 10.8. The topological polar surface area (TPSA) is 41.9 Å². The maximum absolute atomic E-state index is 12.7. The number of thiocarbonyl (C=S) groups is 1. The van der Waals surface area contributed by atoms with E-state index in [0.717, 1.165) is 29.7 Å². The van der Waals surface area contributed by atoms with Crippen molar-refractivity contribution in [2.24, 2.45) is 0 Å². The van der Waals surface area contributed by atoms with Crippen LogP contribution in [-0.4, -0.2) is 21.4 Å². The van der Waals surface area contributed by atoms with Crippen LogP contribution in [0, 0.1) is 5.82 Å². The fraction of sp³-hybridized carbons (Fsp3) is 0.231. The van der Waals surface area contributed by atoms with Gasteiger partial charge in [0.15, 0.2) is 5.11 Å². The van der Waals surface area contributed by atoms with Gasteiger partial charge in [-0.25, -0.2) is 4.39 Å². The quantitative estimate of drug-likeness (QED) is 0.637. The van der Waals surface area contributed by atoms with Crippen LogP contribution in [0.15, 0.2) is 41.1 Å². The fourth-order valence-corrected chi connectivity index (χ4v) is 2.16. The third-order valence-electron chi connectivity index (χ3n) is 2.55. The minimum Gasteiger partial charge on any atom is -0.362 e. The minimum absolute atomic E-state index is 0.264. The van der Waals surface area contributed by atoms with Crippen molar-refractivity contribution in [2.45, 2.75) is 13.0 Å². The molecule has 0 aliphatic rings. The number of nitrogens with one attached hydrogen (secondary N) is 2. The second kappa shape index (κ2) is 7.35. The molecule has 0 aliphatic carbocycles. The van der Waals surface area contributed by atoms with Crippen molar-refractivity contribution in [3.05, 3.63) is 46.9 Å². The van der Waals surface area contributed by atoms with Crippen LogP contribution in [0.25, 0.3) is 0 Å². The number of hydrogen-bond acceptors (Lipinski definition) is 2. The monoisotopic (exact) mass is 356 g/mol. The first-order valence-corrected chi connectivity index (χ1v) is 7.32. The second-order valence-electron chi connectivity index (χ2n) is 4.16. The van der Waals surface area contributed by atoms with Crippen molar-refractivity contribution < 1.29 is 4.39 Å². The van der Waals surface area contributed by atoms with E-state index in [0.29, 0.717) is 5.11 Å². The van der Waals surface area contributed by atoms with Crippen LogP contribution in [0.1, 0.15) is 6.42 Å². The number of aromatic nitrogens is 2. The highest BCUT2D eigenvalue weighted by Crippen LogP contribution is 2.08. The molecule has 0 saturated heterocycles. The number of benzene rings is 1. The molecular weight excluding hydrogens is 343 g/mol. The number of aryl methyl sites for hydroxylation is 1. The minimum atomic E-state index is -0.264. The van der Waals surface area contributed by atoms with Gasteiger partial charge in [-0.15, -0.1) is 0 Å². The van der Waals surface area contributed by atoms with Crippen LogP contribution in [0.5, 0.6) is 0 Å². The van der Waals surface area contributed by atoms with Crippen molar-refractivity contribution in [1.82, 2.24) is 15.1 Å². The summed E-state index contributed by atoms with van der Waals surface area (Å²) in [7, 11) is 0. The number of halogens is 2. The summed E-state index contributed by atoms with van der Waals surface area (Å²) in [5.74, 6) is -0.264. The van der Waals surface area contributed by atoms with Crippen LogP contribution in [-0.2, 0) is 6.54 Å². The third-order valence-corrected chi connectivity index (χ3v) is 3.21. The largest absolute Gasteiger partial charge is 0.362 e. The highest BCUT2D eigenvalue weighted by atomic mass is 79.9. The number of rotatable bonds is 5. The van der Waals surface area contributed by atoms with E-state index in [-0.39, 0.29) is 5.82 Å². The molecular formula is C13H14BrFN4S. The Labute approximate surface area is 130 Å². The Morgan fingerprint density at radius 1 is 1.35 bits per heavy atom. The van der Waals surface area contributed by atoms with Gasteiger partial charge in [-0.2, -0.15) is 5.10 Å². The molecule has 0 fully saturated rings. The van der Waals surface area contributed by atoms with E-state index >= 15 is 0 Å². The molecule has 2 aromatic rings. The van der Waals surface area contributed by atoms with E-state index in [1.165, 1.54) is 12.1 Å². The van der Waals surface area contributed by atoms with Crippen molar-refractivity contribution in [3.8, 4) is 0 Å². The maximum atomic E-state index is 12.7. The zero-order valence-corrected chi connectivity index (χ0v) is 13.0. The first-order chi connectivity index (χ1) is 9.63. The van der Waals surface area contributed by atoms with Gasteiger partial charge in [0.1, 0.15) is 5.82 Å². The molecule has 2 rings (SSSR count). The lowest BCUT2D eigenvalue weighted by Gasteiger charge is -2.10. The lowest BCUT2D eigenvalue weighted by molar-refractivity contribution is 0.573. The summed E-state index contributed by atoms with van der Waals surface area (Å²) in [6, 6.07) is 6.07. The molecule has 2 N–H and O–H groups in total. The maximum Gasteiger partial charge on any atom is 0.170 e. The standard InChI is InChI=1S/C13H14BrFN4S/c14-10-8-17-19(9-10)7-1-6-16-13(20)18-12-4-2-11(15)3-5-12/h2-5,8-9H,1,6-7H2,(H2,16,18,20). The Bertz CT molecular complexity index is 570. The lowest BCUT2D eigenvalue weighted by atomic mass is 10.3. The van der Waals surface area contributed by atoms with E-state index in [2.05, 4.69) is 31.7 Å². The van der Waals surface area contributed by atoms with Gasteiger partial charge in [0, 0.05) is 25.0 Å². The Balaban J connectivity index is 1.66. The first-order valence-electron chi connectivity index (χ1n) is 6.12. The van der Waals surface area contributed by atoms with Crippen LogP contribution < -0.4 is 10.6 Å². The summed E-state index contributed by atoms with van der Waals surface area (Å²) in [4.78, 5) is 0. The van der Waals surface area contributed by atoms with Crippen LogP contribution >= 0.6 is 28.1 Å². The number of nitrogens with zero attached hydrogens (tertiary/aromatic N) is 2. The molecule has 7 heteroatoms. The van der Waals surface area contributed by atoms with Crippen molar-refractivity contribution in [2.75, 3.05) is 11.9 Å². The van der Waals surface area contributed by atoms with Gasteiger partial charge < -0.3 is 10.6 Å². The molecule has 0 atom stereocenters. The molecule has 0 spiro atoms. The molecule has 106 valence electrons. The Kier molecular flexibility index (Phi) is 5.49. The van der Waals surface area contributed by atoms with Gasteiger partial charge >= 0.3 is 0 Å². The zero-order chi connectivity index (χ0) is 14.4. The highest BCUT2D eigenvalue weighted by Gasteiger charge is 1.99. The SMILES string of the molecule is Fc1ccc(NC(=S)NCCCn2cc(Br)cn2)cc1. The molecule has 0 saturated carbocycles. The summed E-state index contributed by atoms with van der Waals surface area (Å²) in [6.45, 7) is 1.56. The fourth-order valence-electron chi connectivity index (χ4n) is 1.61. The predicted octanol–water partition coefficient (Wildman–Crippen LogP) is 3.16. The molecule has 0 aliphatic heterocycles. The normalized spacial score (nSPS) is 10.3. The summed E-state index contributed by atoms with van der Waals surface area (Å²) < 4.78 is 15.6.